The number of hydrogen-bond acceptors (Lipinski definition) is 6. The highest BCUT2D eigenvalue weighted by Crippen LogP contribution is 2.33. The number of methoxy groups -OCH3 is 1. The Labute approximate surface area is 124 Å². The first-order valence-electron chi connectivity index (χ1n) is 5.72. The lowest BCUT2D eigenvalue weighted by Crippen LogP contribution is -2.09. The van der Waals surface area contributed by atoms with Gasteiger partial charge in [-0.1, -0.05) is 15.9 Å². The summed E-state index contributed by atoms with van der Waals surface area (Å²) >= 11 is 3.22. The number of nitro benzene ring substituents is 1. The van der Waals surface area contributed by atoms with Crippen LogP contribution >= 0.6 is 15.9 Å². The Morgan fingerprint density at radius 3 is 2.60 bits per heavy atom. The third kappa shape index (κ3) is 4.46. The molecule has 110 valence electrons. The maximum atomic E-state index is 10.9. The Morgan fingerprint density at radius 1 is 1.30 bits per heavy atom. The van der Waals surface area contributed by atoms with Gasteiger partial charge in [-0.15, -0.1) is 0 Å². The summed E-state index contributed by atoms with van der Waals surface area (Å²) < 4.78 is 15.6. The first-order chi connectivity index (χ1) is 9.63. The molecule has 0 amide bonds. The van der Waals surface area contributed by atoms with Crippen LogP contribution in [-0.4, -0.2) is 43.5 Å². The second-order valence-electron chi connectivity index (χ2n) is 3.59. The molecule has 0 aliphatic heterocycles. The van der Waals surface area contributed by atoms with Crippen LogP contribution in [0.2, 0.25) is 0 Å². The van der Waals surface area contributed by atoms with Gasteiger partial charge in [0.2, 0.25) is 0 Å². The van der Waals surface area contributed by atoms with Crippen molar-refractivity contribution >= 4 is 27.9 Å². The standard InChI is InChI=1S/C12H14BrNO6/c1-18-11-6-9(8-15)10(14(16)17)7-12(11)20-5-4-19-3-2-13/h6-8H,2-5H2,1H3. The van der Waals surface area contributed by atoms with Crippen molar-refractivity contribution in [3.05, 3.63) is 27.8 Å². The molecule has 0 saturated heterocycles. The lowest BCUT2D eigenvalue weighted by Gasteiger charge is -2.11. The van der Waals surface area contributed by atoms with Crippen molar-refractivity contribution < 1.29 is 23.9 Å². The maximum Gasteiger partial charge on any atom is 0.283 e. The fourth-order valence-electron chi connectivity index (χ4n) is 1.46. The van der Waals surface area contributed by atoms with E-state index < -0.39 is 4.92 Å². The molecule has 0 fully saturated rings. The topological polar surface area (TPSA) is 87.9 Å². The zero-order chi connectivity index (χ0) is 15.0. The van der Waals surface area contributed by atoms with Crippen LogP contribution in [0, 0.1) is 10.1 Å². The van der Waals surface area contributed by atoms with Crippen molar-refractivity contribution in [3.8, 4) is 11.5 Å². The maximum absolute atomic E-state index is 10.9. The van der Waals surface area contributed by atoms with Crippen molar-refractivity contribution in [2.45, 2.75) is 0 Å². The Balaban J connectivity index is 2.85. The lowest BCUT2D eigenvalue weighted by molar-refractivity contribution is -0.385. The number of rotatable bonds is 9. The van der Waals surface area contributed by atoms with E-state index in [0.717, 1.165) is 5.33 Å². The number of carbonyl (C=O) groups excluding carboxylic acids is 1. The zero-order valence-corrected chi connectivity index (χ0v) is 12.4. The number of halogens is 1. The third-order valence-corrected chi connectivity index (χ3v) is 2.67. The molecule has 0 aliphatic carbocycles. The van der Waals surface area contributed by atoms with Crippen molar-refractivity contribution in [1.82, 2.24) is 0 Å². The predicted octanol–water partition coefficient (Wildman–Crippen LogP) is 2.21. The molecular weight excluding hydrogens is 334 g/mol. The van der Waals surface area contributed by atoms with E-state index in [9.17, 15) is 14.9 Å². The van der Waals surface area contributed by atoms with E-state index >= 15 is 0 Å². The number of nitro groups is 1. The average Bonchev–Trinajstić information content (AvgIpc) is 2.46. The molecule has 0 aromatic heterocycles. The molecule has 7 nitrogen and oxygen atoms in total. The van der Waals surface area contributed by atoms with Crippen LogP contribution in [0.5, 0.6) is 11.5 Å². The second-order valence-corrected chi connectivity index (χ2v) is 4.38. The van der Waals surface area contributed by atoms with E-state index in [1.54, 1.807) is 0 Å². The third-order valence-electron chi connectivity index (χ3n) is 2.34. The summed E-state index contributed by atoms with van der Waals surface area (Å²) in [4.78, 5) is 21.0. The van der Waals surface area contributed by atoms with Crippen LogP contribution in [-0.2, 0) is 4.74 Å². The second kappa shape index (κ2) is 8.49. The van der Waals surface area contributed by atoms with Crippen LogP contribution in [0.1, 0.15) is 10.4 Å². The summed E-state index contributed by atoms with van der Waals surface area (Å²) in [6.07, 6.45) is 0.406. The Morgan fingerprint density at radius 2 is 2.05 bits per heavy atom. The number of benzene rings is 1. The highest BCUT2D eigenvalue weighted by molar-refractivity contribution is 9.09. The predicted molar refractivity (Wildman–Crippen MR) is 75.1 cm³/mol. The van der Waals surface area contributed by atoms with Gasteiger partial charge in [-0.3, -0.25) is 14.9 Å². The molecule has 0 saturated carbocycles. The fraction of sp³-hybridized carbons (Fsp3) is 0.417. The molecule has 0 aliphatic rings. The number of alkyl halides is 1. The molecule has 1 aromatic rings. The minimum Gasteiger partial charge on any atom is -0.493 e. The monoisotopic (exact) mass is 347 g/mol. The first kappa shape index (κ1) is 16.4. The molecule has 0 atom stereocenters. The van der Waals surface area contributed by atoms with E-state index in [-0.39, 0.29) is 29.4 Å². The molecule has 1 aromatic carbocycles. The number of nitrogens with zero attached hydrogens (tertiary/aromatic N) is 1. The minimum absolute atomic E-state index is 0.0604. The minimum atomic E-state index is -0.641. The molecular formula is C12H14BrNO6. The summed E-state index contributed by atoms with van der Waals surface area (Å²) in [5, 5.41) is 11.6. The Bertz CT molecular complexity index is 479. The summed E-state index contributed by atoms with van der Waals surface area (Å²) in [5.74, 6) is 0.463. The lowest BCUT2D eigenvalue weighted by atomic mass is 10.1. The van der Waals surface area contributed by atoms with Crippen LogP contribution < -0.4 is 9.47 Å². The number of hydrogen-bond donors (Lipinski definition) is 0. The van der Waals surface area contributed by atoms with Crippen molar-refractivity contribution in [2.24, 2.45) is 0 Å². The SMILES string of the molecule is COc1cc(C=O)c([N+](=O)[O-])cc1OCCOCCBr. The highest BCUT2D eigenvalue weighted by Gasteiger charge is 2.19. The normalized spacial score (nSPS) is 10.1. The molecule has 8 heteroatoms. The van der Waals surface area contributed by atoms with E-state index in [1.165, 1.54) is 19.2 Å². The smallest absolute Gasteiger partial charge is 0.283 e. The molecule has 0 spiro atoms. The number of aldehydes is 1. The van der Waals surface area contributed by atoms with E-state index in [0.29, 0.717) is 19.5 Å². The Kier molecular flexibility index (Phi) is 6.96. The van der Waals surface area contributed by atoms with Gasteiger partial charge in [0.25, 0.3) is 5.69 Å². The van der Waals surface area contributed by atoms with Gasteiger partial charge in [0.05, 0.1) is 36.9 Å². The quantitative estimate of drug-likeness (QED) is 0.224. The van der Waals surface area contributed by atoms with Gasteiger partial charge in [0, 0.05) is 11.4 Å². The molecule has 0 bridgehead atoms. The van der Waals surface area contributed by atoms with Gasteiger partial charge < -0.3 is 14.2 Å². The van der Waals surface area contributed by atoms with E-state index in [2.05, 4.69) is 15.9 Å². The van der Waals surface area contributed by atoms with Crippen molar-refractivity contribution in [2.75, 3.05) is 32.3 Å². The van der Waals surface area contributed by atoms with Gasteiger partial charge >= 0.3 is 0 Å². The average molecular weight is 348 g/mol. The van der Waals surface area contributed by atoms with Crippen LogP contribution in [0.15, 0.2) is 12.1 Å². The van der Waals surface area contributed by atoms with Crippen LogP contribution in [0.4, 0.5) is 5.69 Å². The largest absolute Gasteiger partial charge is 0.493 e. The number of carbonyl (C=O) groups is 1. The summed E-state index contributed by atoms with van der Waals surface area (Å²) in [5.41, 5.74) is -0.382. The van der Waals surface area contributed by atoms with Gasteiger partial charge in [-0.2, -0.15) is 0 Å². The zero-order valence-electron chi connectivity index (χ0n) is 10.8. The van der Waals surface area contributed by atoms with Crippen molar-refractivity contribution in [1.29, 1.82) is 0 Å². The van der Waals surface area contributed by atoms with E-state index in [4.69, 9.17) is 14.2 Å². The van der Waals surface area contributed by atoms with Crippen molar-refractivity contribution in [3.63, 3.8) is 0 Å². The van der Waals surface area contributed by atoms with Gasteiger partial charge in [-0.25, -0.2) is 0 Å². The molecule has 0 unspecified atom stereocenters. The molecule has 0 heterocycles. The van der Waals surface area contributed by atoms with Crippen LogP contribution in [0.25, 0.3) is 0 Å². The summed E-state index contributed by atoms with van der Waals surface area (Å²) in [7, 11) is 1.39. The highest BCUT2D eigenvalue weighted by atomic mass is 79.9. The van der Waals surface area contributed by atoms with Crippen LogP contribution in [0.3, 0.4) is 0 Å². The molecule has 0 radical (unpaired) electrons. The molecule has 1 rings (SSSR count). The first-order valence-corrected chi connectivity index (χ1v) is 6.84. The van der Waals surface area contributed by atoms with Gasteiger partial charge in [-0.05, 0) is 0 Å². The Hall–Kier alpha value is -1.67. The molecule has 0 N–H and O–H groups in total. The number of ether oxygens (including phenoxy) is 3. The molecule has 20 heavy (non-hydrogen) atoms. The summed E-state index contributed by atoms with van der Waals surface area (Å²) in [6.45, 7) is 1.11. The van der Waals surface area contributed by atoms with Gasteiger partial charge in [0.1, 0.15) is 6.61 Å². The van der Waals surface area contributed by atoms with Gasteiger partial charge in [0.15, 0.2) is 17.8 Å². The summed E-state index contributed by atoms with van der Waals surface area (Å²) in [6, 6.07) is 2.45. The van der Waals surface area contributed by atoms with E-state index in [1.807, 2.05) is 0 Å². The fourth-order valence-corrected chi connectivity index (χ4v) is 1.69.